The molecule has 0 amide bonds. The molecule has 0 saturated heterocycles. The van der Waals surface area contributed by atoms with Crippen molar-refractivity contribution < 1.29 is 4.74 Å². The normalized spacial score (nSPS) is 11.4. The second-order valence-corrected chi connectivity index (χ2v) is 10.1. The number of benzene rings is 3. The van der Waals surface area contributed by atoms with Gasteiger partial charge in [0, 0.05) is 26.5 Å². The third-order valence-electron chi connectivity index (χ3n) is 5.03. The van der Waals surface area contributed by atoms with Crippen LogP contribution in [0.5, 0.6) is 5.75 Å². The van der Waals surface area contributed by atoms with E-state index in [9.17, 15) is 4.79 Å². The molecule has 0 aliphatic heterocycles. The third kappa shape index (κ3) is 5.71. The molecule has 1 aromatic heterocycles. The molecule has 0 N–H and O–H groups in total. The van der Waals surface area contributed by atoms with E-state index in [0.717, 1.165) is 26.5 Å². The molecule has 3 aromatic carbocycles. The molecule has 1 heterocycles. The van der Waals surface area contributed by atoms with Crippen molar-refractivity contribution in [2.45, 2.75) is 26.4 Å². The predicted molar refractivity (Wildman–Crippen MR) is 146 cm³/mol. The van der Waals surface area contributed by atoms with Crippen molar-refractivity contribution in [3.05, 3.63) is 101 Å². The van der Waals surface area contributed by atoms with Crippen LogP contribution in [0, 0.1) is 0 Å². The van der Waals surface area contributed by atoms with Crippen LogP contribution in [0.25, 0.3) is 10.9 Å². The molecule has 5 nitrogen and oxygen atoms in total. The lowest BCUT2D eigenvalue weighted by Crippen LogP contribution is -2.22. The van der Waals surface area contributed by atoms with Gasteiger partial charge < -0.3 is 4.74 Å². The number of aromatic nitrogens is 2. The molecule has 0 radical (unpaired) electrons. The van der Waals surface area contributed by atoms with E-state index < -0.39 is 0 Å². The van der Waals surface area contributed by atoms with Crippen molar-refractivity contribution in [2.75, 3.05) is 0 Å². The first-order valence-electron chi connectivity index (χ1n) is 10.5. The van der Waals surface area contributed by atoms with Crippen molar-refractivity contribution in [3.8, 4) is 5.75 Å². The Bertz CT molecular complexity index is 1450. The van der Waals surface area contributed by atoms with E-state index in [1.54, 1.807) is 24.4 Å². The Balaban J connectivity index is 1.59. The van der Waals surface area contributed by atoms with Crippen molar-refractivity contribution in [3.63, 3.8) is 0 Å². The molecule has 0 aliphatic carbocycles. The quantitative estimate of drug-likeness (QED) is 0.199. The lowest BCUT2D eigenvalue weighted by atomic mass is 10.2. The summed E-state index contributed by atoms with van der Waals surface area (Å²) < 4.78 is 8.85. The zero-order valence-electron chi connectivity index (χ0n) is 18.1. The molecular weight excluding hydrogens is 605 g/mol. The number of rotatable bonds is 7. The second kappa shape index (κ2) is 11.0. The maximum Gasteiger partial charge on any atom is 0.282 e. The monoisotopic (exact) mass is 621 g/mol. The van der Waals surface area contributed by atoms with Gasteiger partial charge in [-0.05, 0) is 76.4 Å². The summed E-state index contributed by atoms with van der Waals surface area (Å²) in [6.45, 7) is 2.34. The topological polar surface area (TPSA) is 56.5 Å². The number of fused-ring (bicyclic) bond motifs is 1. The van der Waals surface area contributed by atoms with E-state index in [-0.39, 0.29) is 5.56 Å². The zero-order valence-corrected chi connectivity index (χ0v) is 22.7. The lowest BCUT2D eigenvalue weighted by molar-refractivity contribution is 0.304. The Morgan fingerprint density at radius 3 is 2.65 bits per heavy atom. The van der Waals surface area contributed by atoms with Crippen LogP contribution >= 0.6 is 55.1 Å². The summed E-state index contributed by atoms with van der Waals surface area (Å²) in [5.74, 6) is 1.28. The minimum absolute atomic E-state index is 0.204. The van der Waals surface area contributed by atoms with E-state index in [1.165, 1.54) is 4.68 Å². The summed E-state index contributed by atoms with van der Waals surface area (Å²) >= 11 is 19.1. The Labute approximate surface area is 223 Å². The molecule has 4 aromatic rings. The van der Waals surface area contributed by atoms with Crippen LogP contribution in [-0.2, 0) is 13.0 Å². The van der Waals surface area contributed by atoms with Crippen molar-refractivity contribution in [1.82, 2.24) is 9.66 Å². The molecular formula is C25H19Br2Cl2N3O2. The van der Waals surface area contributed by atoms with Gasteiger partial charge in [0.2, 0.25) is 0 Å². The van der Waals surface area contributed by atoms with Crippen LogP contribution in [-0.4, -0.2) is 15.9 Å². The lowest BCUT2D eigenvalue weighted by Gasteiger charge is -2.11. The molecule has 0 unspecified atom stereocenters. The fourth-order valence-electron chi connectivity index (χ4n) is 3.33. The van der Waals surface area contributed by atoms with E-state index in [2.05, 4.69) is 41.9 Å². The smallest absolute Gasteiger partial charge is 0.282 e. The first-order chi connectivity index (χ1) is 16.4. The van der Waals surface area contributed by atoms with Crippen LogP contribution in [0.15, 0.2) is 73.4 Å². The van der Waals surface area contributed by atoms with Gasteiger partial charge >= 0.3 is 0 Å². The summed E-state index contributed by atoms with van der Waals surface area (Å²) in [5.41, 5.74) is 2.09. The Kier molecular flexibility index (Phi) is 8.09. The molecule has 0 bridgehead atoms. The van der Waals surface area contributed by atoms with Crippen LogP contribution in [0.3, 0.4) is 0 Å². The Morgan fingerprint density at radius 2 is 1.91 bits per heavy atom. The first-order valence-corrected chi connectivity index (χ1v) is 12.8. The highest BCUT2D eigenvalue weighted by atomic mass is 79.9. The van der Waals surface area contributed by atoms with E-state index in [0.29, 0.717) is 45.5 Å². The average Bonchev–Trinajstić information content (AvgIpc) is 2.80. The number of aryl methyl sites for hydroxylation is 1. The van der Waals surface area contributed by atoms with E-state index in [4.69, 9.17) is 27.9 Å². The van der Waals surface area contributed by atoms with Gasteiger partial charge in [-0.1, -0.05) is 52.1 Å². The highest BCUT2D eigenvalue weighted by Crippen LogP contribution is 2.28. The Morgan fingerprint density at radius 1 is 1.09 bits per heavy atom. The van der Waals surface area contributed by atoms with E-state index >= 15 is 0 Å². The summed E-state index contributed by atoms with van der Waals surface area (Å²) in [5, 5.41) is 6.11. The predicted octanol–water partition coefficient (Wildman–Crippen LogP) is 7.64. The van der Waals surface area contributed by atoms with Gasteiger partial charge in [0.1, 0.15) is 18.2 Å². The van der Waals surface area contributed by atoms with Gasteiger partial charge in [0.15, 0.2) is 0 Å². The molecule has 0 aliphatic rings. The fraction of sp³-hybridized carbons (Fsp3) is 0.160. The van der Waals surface area contributed by atoms with Gasteiger partial charge in [0.25, 0.3) is 5.56 Å². The molecule has 174 valence electrons. The zero-order chi connectivity index (χ0) is 24.2. The van der Waals surface area contributed by atoms with Crippen LogP contribution < -0.4 is 10.3 Å². The minimum Gasteiger partial charge on any atom is -0.488 e. The molecule has 4 rings (SSSR count). The number of ether oxygens (including phenoxy) is 1. The molecule has 0 spiro atoms. The largest absolute Gasteiger partial charge is 0.488 e. The summed E-state index contributed by atoms with van der Waals surface area (Å²) in [4.78, 5) is 17.8. The van der Waals surface area contributed by atoms with E-state index in [1.807, 2.05) is 43.3 Å². The van der Waals surface area contributed by atoms with Gasteiger partial charge in [-0.15, -0.1) is 0 Å². The van der Waals surface area contributed by atoms with Crippen molar-refractivity contribution >= 4 is 72.2 Å². The highest BCUT2D eigenvalue weighted by Gasteiger charge is 2.11. The minimum atomic E-state index is -0.204. The van der Waals surface area contributed by atoms with Crippen molar-refractivity contribution in [1.29, 1.82) is 0 Å². The first kappa shape index (κ1) is 24.9. The number of hydrogen-bond donors (Lipinski definition) is 0. The average molecular weight is 624 g/mol. The number of hydrogen-bond acceptors (Lipinski definition) is 4. The van der Waals surface area contributed by atoms with Crippen molar-refractivity contribution in [2.24, 2.45) is 5.10 Å². The standard InChI is InChI=1S/C25H19Br2Cl2N3O2/c1-2-3-24-31-22-8-6-17(26)11-19(22)25(33)32(24)30-13-15-4-9-23(20(27)10-15)34-14-16-5-7-18(28)12-21(16)29/h4-13H,2-3,14H2,1H3. The summed E-state index contributed by atoms with van der Waals surface area (Å²) in [6, 6.07) is 16.3. The SMILES string of the molecule is CCCc1nc2ccc(Br)cc2c(=O)n1N=Cc1ccc(OCc2ccc(Cl)cc2Cl)c(Br)c1. The second-order valence-electron chi connectivity index (χ2n) is 7.52. The van der Waals surface area contributed by atoms with Crippen LogP contribution in [0.1, 0.15) is 30.3 Å². The van der Waals surface area contributed by atoms with Gasteiger partial charge in [0.05, 0.1) is 21.6 Å². The molecule has 34 heavy (non-hydrogen) atoms. The van der Waals surface area contributed by atoms with Gasteiger partial charge in [-0.3, -0.25) is 4.79 Å². The number of nitrogens with zero attached hydrogens (tertiary/aromatic N) is 3. The summed E-state index contributed by atoms with van der Waals surface area (Å²) in [7, 11) is 0. The maximum absolute atomic E-state index is 13.1. The Hall–Kier alpha value is -2.19. The highest BCUT2D eigenvalue weighted by molar-refractivity contribution is 9.10. The maximum atomic E-state index is 13.1. The number of halogens is 4. The van der Waals surface area contributed by atoms with Gasteiger partial charge in [-0.25, -0.2) is 4.98 Å². The molecule has 0 atom stereocenters. The third-order valence-corrected chi connectivity index (χ3v) is 6.73. The fourth-order valence-corrected chi connectivity index (χ4v) is 4.67. The van der Waals surface area contributed by atoms with Crippen LogP contribution in [0.2, 0.25) is 10.0 Å². The molecule has 0 fully saturated rings. The molecule has 9 heteroatoms. The molecule has 0 saturated carbocycles. The van der Waals surface area contributed by atoms with Crippen LogP contribution in [0.4, 0.5) is 0 Å². The van der Waals surface area contributed by atoms with Gasteiger partial charge in [-0.2, -0.15) is 9.78 Å². The summed E-state index contributed by atoms with van der Waals surface area (Å²) in [6.07, 6.45) is 3.12.